The third kappa shape index (κ3) is 1.73. The third-order valence-electron chi connectivity index (χ3n) is 3.89. The van der Waals surface area contributed by atoms with Crippen LogP contribution in [0.4, 0.5) is 10.3 Å². The Balaban J connectivity index is 2.00. The van der Waals surface area contributed by atoms with Crippen LogP contribution in [-0.4, -0.2) is 28.0 Å². The van der Waals surface area contributed by atoms with Crippen LogP contribution < -0.4 is 5.73 Å². The summed E-state index contributed by atoms with van der Waals surface area (Å²) in [4.78, 5) is 3.75. The number of nitrogens with two attached hydrogens (primary N) is 1. The van der Waals surface area contributed by atoms with Crippen molar-refractivity contribution in [3.8, 4) is 11.1 Å². The highest BCUT2D eigenvalue weighted by Gasteiger charge is 2.33. The molecule has 0 radical (unpaired) electrons. The standard InChI is InChI=1S/C14H10FN5O2S/c1-7-12(15)9-4-8(2-3-11(9)23(7,21)22)10-5-17-14(16)20-6-18-19-13(10)20/h2-6H,1H3,(H2,16,17). The van der Waals surface area contributed by atoms with Crippen molar-refractivity contribution < 1.29 is 12.8 Å². The minimum absolute atomic E-state index is 0.0304. The number of nitrogen functional groups attached to an aromatic ring is 1. The third-order valence-corrected chi connectivity index (χ3v) is 5.81. The van der Waals surface area contributed by atoms with Crippen molar-refractivity contribution in [2.75, 3.05) is 5.73 Å². The maximum atomic E-state index is 14.3. The number of fused-ring (bicyclic) bond motifs is 2. The van der Waals surface area contributed by atoms with E-state index in [4.69, 9.17) is 5.73 Å². The molecule has 2 aromatic heterocycles. The lowest BCUT2D eigenvalue weighted by atomic mass is 10.0. The molecule has 2 N–H and O–H groups in total. The van der Waals surface area contributed by atoms with E-state index in [0.717, 1.165) is 0 Å². The predicted octanol–water partition coefficient (Wildman–Crippen LogP) is 1.82. The Bertz CT molecular complexity index is 1120. The van der Waals surface area contributed by atoms with Crippen molar-refractivity contribution in [2.24, 2.45) is 0 Å². The second-order valence-corrected chi connectivity index (χ2v) is 7.20. The first-order valence-electron chi connectivity index (χ1n) is 6.61. The lowest BCUT2D eigenvalue weighted by molar-refractivity contribution is 0.603. The molecule has 9 heteroatoms. The molecule has 1 aliphatic rings. The first kappa shape index (κ1) is 13.8. The number of allylic oxidation sites excluding steroid dienone is 1. The van der Waals surface area contributed by atoms with Crippen molar-refractivity contribution in [2.45, 2.75) is 11.8 Å². The molecule has 0 saturated carbocycles. The topological polar surface area (TPSA) is 103 Å². The molecule has 0 atom stereocenters. The Hall–Kier alpha value is -2.81. The largest absolute Gasteiger partial charge is 0.369 e. The SMILES string of the molecule is CC1=C(F)c2cc(-c3cnc(N)n4cnnc34)ccc2S1(=O)=O. The van der Waals surface area contributed by atoms with Gasteiger partial charge in [-0.25, -0.2) is 17.8 Å². The van der Waals surface area contributed by atoms with Gasteiger partial charge in [-0.15, -0.1) is 10.2 Å². The summed E-state index contributed by atoms with van der Waals surface area (Å²) in [5.41, 5.74) is 7.40. The number of aromatic nitrogens is 4. The monoisotopic (exact) mass is 331 g/mol. The van der Waals surface area contributed by atoms with Crippen molar-refractivity contribution in [1.82, 2.24) is 19.6 Å². The molecule has 0 aliphatic carbocycles. The zero-order valence-corrected chi connectivity index (χ0v) is 12.7. The number of sulfone groups is 1. The smallest absolute Gasteiger partial charge is 0.207 e. The number of anilines is 1. The van der Waals surface area contributed by atoms with E-state index in [0.29, 0.717) is 16.8 Å². The van der Waals surface area contributed by atoms with Crippen LogP contribution in [0.3, 0.4) is 0 Å². The van der Waals surface area contributed by atoms with Gasteiger partial charge in [0.15, 0.2) is 5.65 Å². The van der Waals surface area contributed by atoms with Gasteiger partial charge in [0.2, 0.25) is 15.8 Å². The van der Waals surface area contributed by atoms with Gasteiger partial charge in [-0.1, -0.05) is 6.07 Å². The first-order valence-corrected chi connectivity index (χ1v) is 8.10. The summed E-state index contributed by atoms with van der Waals surface area (Å²) in [6.07, 6.45) is 2.92. The highest BCUT2D eigenvalue weighted by molar-refractivity contribution is 7.95. The van der Waals surface area contributed by atoms with E-state index in [1.807, 2.05) is 0 Å². The van der Waals surface area contributed by atoms with Crippen LogP contribution >= 0.6 is 0 Å². The summed E-state index contributed by atoms with van der Waals surface area (Å²) >= 11 is 0. The van der Waals surface area contributed by atoms with Crippen LogP contribution in [0.2, 0.25) is 0 Å². The van der Waals surface area contributed by atoms with Crippen LogP contribution in [0, 0.1) is 0 Å². The Morgan fingerprint density at radius 3 is 2.83 bits per heavy atom. The molecule has 7 nitrogen and oxygen atoms in total. The minimum Gasteiger partial charge on any atom is -0.369 e. The average molecular weight is 331 g/mol. The number of rotatable bonds is 1. The van der Waals surface area contributed by atoms with E-state index < -0.39 is 15.7 Å². The summed E-state index contributed by atoms with van der Waals surface area (Å²) in [7, 11) is -3.73. The molecular weight excluding hydrogens is 321 g/mol. The van der Waals surface area contributed by atoms with Gasteiger partial charge >= 0.3 is 0 Å². The van der Waals surface area contributed by atoms with E-state index in [-0.39, 0.29) is 21.3 Å². The van der Waals surface area contributed by atoms with Crippen molar-refractivity contribution in [3.05, 3.63) is 41.2 Å². The molecule has 3 aromatic rings. The lowest BCUT2D eigenvalue weighted by Crippen LogP contribution is -2.01. The zero-order chi connectivity index (χ0) is 16.4. The molecule has 3 heterocycles. The fourth-order valence-electron chi connectivity index (χ4n) is 2.62. The fourth-order valence-corrected chi connectivity index (χ4v) is 3.98. The summed E-state index contributed by atoms with van der Waals surface area (Å²) in [5, 5.41) is 7.77. The van der Waals surface area contributed by atoms with E-state index in [1.54, 1.807) is 6.07 Å². The van der Waals surface area contributed by atoms with Crippen LogP contribution in [-0.2, 0) is 9.84 Å². The van der Waals surface area contributed by atoms with Gasteiger partial charge in [-0.3, -0.25) is 4.40 Å². The Morgan fingerprint density at radius 2 is 2.04 bits per heavy atom. The molecule has 0 bridgehead atoms. The molecular formula is C14H10FN5O2S. The Labute approximate surface area is 130 Å². The fraction of sp³-hybridized carbons (Fsp3) is 0.0714. The normalized spacial score (nSPS) is 16.1. The summed E-state index contributed by atoms with van der Waals surface area (Å²) in [6.45, 7) is 1.26. The minimum atomic E-state index is -3.73. The van der Waals surface area contributed by atoms with E-state index in [1.165, 1.54) is 36.0 Å². The van der Waals surface area contributed by atoms with Crippen molar-refractivity contribution >= 4 is 27.3 Å². The summed E-state index contributed by atoms with van der Waals surface area (Å²) in [5.74, 6) is -0.512. The molecule has 0 saturated heterocycles. The van der Waals surface area contributed by atoms with Gasteiger partial charge in [-0.2, -0.15) is 0 Å². The van der Waals surface area contributed by atoms with Crippen LogP contribution in [0.25, 0.3) is 22.6 Å². The molecule has 0 spiro atoms. The van der Waals surface area contributed by atoms with Crippen LogP contribution in [0.15, 0.2) is 40.5 Å². The molecule has 1 aromatic carbocycles. The average Bonchev–Trinajstić information content (AvgIpc) is 3.08. The van der Waals surface area contributed by atoms with E-state index in [2.05, 4.69) is 15.2 Å². The Kier molecular flexibility index (Phi) is 2.62. The molecule has 0 unspecified atom stereocenters. The highest BCUT2D eigenvalue weighted by atomic mass is 32.2. The Morgan fingerprint density at radius 1 is 1.26 bits per heavy atom. The van der Waals surface area contributed by atoms with Gasteiger partial charge in [-0.05, 0) is 24.6 Å². The predicted molar refractivity (Wildman–Crippen MR) is 81.5 cm³/mol. The van der Waals surface area contributed by atoms with Gasteiger partial charge in [0.25, 0.3) is 0 Å². The molecule has 4 rings (SSSR count). The number of hydrogen-bond donors (Lipinski definition) is 1. The van der Waals surface area contributed by atoms with Gasteiger partial charge in [0.1, 0.15) is 12.2 Å². The highest BCUT2D eigenvalue weighted by Crippen LogP contribution is 2.41. The molecule has 1 aliphatic heterocycles. The number of nitrogens with zero attached hydrogens (tertiary/aromatic N) is 4. The van der Waals surface area contributed by atoms with E-state index >= 15 is 0 Å². The lowest BCUT2D eigenvalue weighted by Gasteiger charge is -2.07. The quantitative estimate of drug-likeness (QED) is 0.729. The summed E-state index contributed by atoms with van der Waals surface area (Å²) in [6, 6.07) is 4.45. The summed E-state index contributed by atoms with van der Waals surface area (Å²) < 4.78 is 40.0. The second-order valence-electron chi connectivity index (χ2n) is 5.14. The van der Waals surface area contributed by atoms with Gasteiger partial charge in [0, 0.05) is 17.3 Å². The van der Waals surface area contributed by atoms with Crippen LogP contribution in [0.5, 0.6) is 0 Å². The second kappa shape index (κ2) is 4.35. The van der Waals surface area contributed by atoms with Gasteiger partial charge < -0.3 is 5.73 Å². The number of hydrogen-bond acceptors (Lipinski definition) is 6. The molecule has 23 heavy (non-hydrogen) atoms. The van der Waals surface area contributed by atoms with E-state index in [9.17, 15) is 12.8 Å². The number of benzene rings is 1. The van der Waals surface area contributed by atoms with Crippen molar-refractivity contribution in [3.63, 3.8) is 0 Å². The maximum absolute atomic E-state index is 14.3. The zero-order valence-electron chi connectivity index (χ0n) is 11.9. The van der Waals surface area contributed by atoms with Gasteiger partial charge in [0.05, 0.1) is 9.80 Å². The maximum Gasteiger partial charge on any atom is 0.207 e. The molecule has 0 fully saturated rings. The molecule has 0 amide bonds. The number of halogens is 1. The molecule has 116 valence electrons. The van der Waals surface area contributed by atoms with Crippen molar-refractivity contribution in [1.29, 1.82) is 0 Å². The van der Waals surface area contributed by atoms with Crippen LogP contribution in [0.1, 0.15) is 12.5 Å². The first-order chi connectivity index (χ1) is 10.9.